The zero-order valence-electron chi connectivity index (χ0n) is 46.4. The summed E-state index contributed by atoms with van der Waals surface area (Å²) < 4.78 is 12.2. The van der Waals surface area contributed by atoms with Crippen molar-refractivity contribution in [3.05, 3.63) is 36.0 Å². The first-order chi connectivity index (χ1) is 35.7. The van der Waals surface area contributed by atoms with E-state index >= 15 is 0 Å². The number of fused-ring (bicyclic) bond motifs is 1. The van der Waals surface area contributed by atoms with Crippen molar-refractivity contribution >= 4 is 58.2 Å². The molecule has 5 rings (SSSR count). The van der Waals surface area contributed by atoms with E-state index in [1.54, 1.807) is 23.8 Å². The number of imide groups is 1. The van der Waals surface area contributed by atoms with Crippen LogP contribution in [0.4, 0.5) is 0 Å². The van der Waals surface area contributed by atoms with Gasteiger partial charge in [-0.15, -0.1) is 5.06 Å². The highest BCUT2D eigenvalue weighted by Crippen LogP contribution is 2.31. The van der Waals surface area contributed by atoms with Crippen LogP contribution in [0.15, 0.2) is 30.5 Å². The molecule has 1 aromatic carbocycles. The van der Waals surface area contributed by atoms with Gasteiger partial charge in [-0.25, -0.2) is 9.86 Å². The van der Waals surface area contributed by atoms with E-state index in [-0.39, 0.29) is 79.4 Å². The van der Waals surface area contributed by atoms with E-state index in [1.165, 1.54) is 19.3 Å². The second-order valence-electron chi connectivity index (χ2n) is 21.5. The number of benzene rings is 1. The van der Waals surface area contributed by atoms with Gasteiger partial charge < -0.3 is 39.7 Å². The van der Waals surface area contributed by atoms with E-state index in [0.717, 1.165) is 29.3 Å². The van der Waals surface area contributed by atoms with Gasteiger partial charge in [-0.1, -0.05) is 79.5 Å². The molecule has 0 spiro atoms. The van der Waals surface area contributed by atoms with E-state index in [4.69, 9.17) is 19.1 Å². The molecule has 9 atom stereocenters. The summed E-state index contributed by atoms with van der Waals surface area (Å²) in [4.78, 5) is 127. The number of unbranched alkanes of at least 4 members (excludes halogenated alkanes) is 2. The van der Waals surface area contributed by atoms with E-state index < -0.39 is 66.1 Å². The topological polar surface area (TPSA) is 230 Å². The largest absolute Gasteiger partial charge is 0.379 e. The van der Waals surface area contributed by atoms with Crippen molar-refractivity contribution in [1.29, 1.82) is 0 Å². The minimum absolute atomic E-state index is 0.0298. The molecule has 0 bridgehead atoms. The molecule has 4 heterocycles. The smallest absolute Gasteiger partial charge is 0.333 e. The van der Waals surface area contributed by atoms with Gasteiger partial charge in [-0.05, 0) is 81.5 Å². The lowest BCUT2D eigenvalue weighted by Crippen LogP contribution is -2.60. The molecule has 7 amide bonds. The highest BCUT2D eigenvalue weighted by atomic mass is 16.7. The summed E-state index contributed by atoms with van der Waals surface area (Å²) in [5.41, 5.74) is 1.81. The fourth-order valence-electron chi connectivity index (χ4n) is 11.0. The summed E-state index contributed by atoms with van der Waals surface area (Å²) in [6.07, 6.45) is 6.09. The van der Waals surface area contributed by atoms with Gasteiger partial charge >= 0.3 is 5.97 Å². The second-order valence-corrected chi connectivity index (χ2v) is 21.5. The van der Waals surface area contributed by atoms with Gasteiger partial charge in [0.15, 0.2) is 0 Å². The van der Waals surface area contributed by atoms with Crippen LogP contribution in [-0.4, -0.2) is 174 Å². The van der Waals surface area contributed by atoms with Crippen molar-refractivity contribution in [3.63, 3.8) is 0 Å². The lowest BCUT2D eigenvalue weighted by Gasteiger charge is -2.41. The van der Waals surface area contributed by atoms with Crippen LogP contribution in [0.25, 0.3) is 10.9 Å². The molecular formula is C55H86N8O12. The third-order valence-electron chi connectivity index (χ3n) is 15.4. The number of carbonyl (C=O) groups is 8. The van der Waals surface area contributed by atoms with Gasteiger partial charge in [0.25, 0.3) is 17.7 Å². The number of aromatic nitrogens is 1. The van der Waals surface area contributed by atoms with Crippen LogP contribution in [0.1, 0.15) is 131 Å². The number of rotatable bonds is 28. The monoisotopic (exact) mass is 1050 g/mol. The molecule has 3 aliphatic rings. The Kier molecular flexibility index (Phi) is 23.1. The van der Waals surface area contributed by atoms with Crippen LogP contribution >= 0.6 is 0 Å². The van der Waals surface area contributed by atoms with Gasteiger partial charge in [0.05, 0.1) is 49.3 Å². The predicted molar refractivity (Wildman–Crippen MR) is 281 cm³/mol. The minimum Gasteiger partial charge on any atom is -0.379 e. The summed E-state index contributed by atoms with van der Waals surface area (Å²) in [7, 11) is 6.63. The van der Waals surface area contributed by atoms with Crippen molar-refractivity contribution < 1.29 is 57.5 Å². The molecule has 0 unspecified atom stereocenters. The number of H-pyrrole nitrogens is 1. The number of hydrogen-bond donors (Lipinski definition) is 3. The van der Waals surface area contributed by atoms with Gasteiger partial charge in [0.1, 0.15) is 12.1 Å². The Balaban J connectivity index is 1.22. The van der Waals surface area contributed by atoms with Crippen LogP contribution in [0, 0.1) is 23.7 Å². The highest BCUT2D eigenvalue weighted by Gasteiger charge is 2.44. The third-order valence-corrected chi connectivity index (χ3v) is 15.4. The van der Waals surface area contributed by atoms with Gasteiger partial charge in [0.2, 0.25) is 23.6 Å². The first kappa shape index (κ1) is 60.4. The van der Waals surface area contributed by atoms with E-state index in [9.17, 15) is 38.4 Å². The van der Waals surface area contributed by atoms with Crippen LogP contribution in [0.5, 0.6) is 0 Å². The van der Waals surface area contributed by atoms with Gasteiger partial charge in [-0.2, -0.15) is 0 Å². The number of likely N-dealkylation sites (tertiary alicyclic amines) is 1. The quantitative estimate of drug-likeness (QED) is 0.0760. The Hall–Kier alpha value is -5.44. The van der Waals surface area contributed by atoms with Crippen molar-refractivity contribution in [2.45, 2.75) is 174 Å². The molecule has 20 nitrogen and oxygen atoms in total. The maximum atomic E-state index is 14.7. The number of hydrogen-bond acceptors (Lipinski definition) is 13. The molecule has 0 radical (unpaired) electrons. The Labute approximate surface area is 443 Å². The number of ether oxygens (including phenoxy) is 2. The zero-order chi connectivity index (χ0) is 55.1. The number of hydroxylamine groups is 4. The normalized spacial score (nSPS) is 19.5. The van der Waals surface area contributed by atoms with Crippen molar-refractivity contribution in [2.24, 2.45) is 23.7 Å². The third kappa shape index (κ3) is 15.6. The summed E-state index contributed by atoms with van der Waals surface area (Å²) >= 11 is 0. The van der Waals surface area contributed by atoms with Crippen molar-refractivity contribution in [3.8, 4) is 0 Å². The second kappa shape index (κ2) is 28.6. The number of nitrogens with one attached hydrogen (secondary N) is 3. The standard InChI is InChI=1S/C55H86N8O12/c1-12-36(6)50(60(9)55(71)48(34(2)3)58-53(69)49(35(4)5)59(8)27-17-13-14-24-47(67)75-63-44(64)25-26-45(63)65)43(72-10)32-46(66)61-28-20-23-42(61)51(73-11)37(7)52(68)57-41(54(70)62-29-18-19-30-74-62)31-38-33-56-40-22-16-15-21-39(38)40/h15-16,21-22,33-37,41-43,48-51,56H,12-14,17-20,23-32H2,1-11H3,(H,57,68)(H,58,69)/t36-,37+,41-,42-,43+,48-,49-,50-,51+/m0/s1. The number of carbonyl (C=O) groups excluding carboxylic acids is 8. The van der Waals surface area contributed by atoms with Crippen LogP contribution < -0.4 is 10.6 Å². The maximum absolute atomic E-state index is 14.7. The fourth-order valence-corrected chi connectivity index (χ4v) is 11.0. The molecule has 20 heteroatoms. The molecular weight excluding hydrogens is 965 g/mol. The average Bonchev–Trinajstić information content (AvgIpc) is 4.13. The summed E-state index contributed by atoms with van der Waals surface area (Å²) in [6.45, 7) is 15.3. The Morgan fingerprint density at radius 3 is 2.19 bits per heavy atom. The lowest BCUT2D eigenvalue weighted by atomic mass is 9.89. The molecule has 3 N–H and O–H groups in total. The molecule has 0 saturated carbocycles. The summed E-state index contributed by atoms with van der Waals surface area (Å²) in [5, 5.41) is 9.00. The van der Waals surface area contributed by atoms with Crippen molar-refractivity contribution in [1.82, 2.24) is 40.4 Å². The molecule has 3 saturated heterocycles. The summed E-state index contributed by atoms with van der Waals surface area (Å²) in [6, 6.07) is 4.42. The van der Waals surface area contributed by atoms with Crippen LogP contribution in [-0.2, 0) is 63.9 Å². The molecule has 75 heavy (non-hydrogen) atoms. The number of methoxy groups -OCH3 is 2. The molecule has 418 valence electrons. The lowest BCUT2D eigenvalue weighted by molar-refractivity contribution is -0.199. The first-order valence-corrected chi connectivity index (χ1v) is 27.2. The predicted octanol–water partition coefficient (Wildman–Crippen LogP) is 4.93. The Bertz CT molecular complexity index is 2250. The van der Waals surface area contributed by atoms with Crippen LogP contribution in [0.2, 0.25) is 0 Å². The number of likely N-dealkylation sites (N-methyl/N-ethyl adjacent to an activating group) is 2. The Morgan fingerprint density at radius 1 is 0.853 bits per heavy atom. The fraction of sp³-hybridized carbons (Fsp3) is 0.709. The van der Waals surface area contributed by atoms with E-state index in [0.29, 0.717) is 69.8 Å². The molecule has 3 fully saturated rings. The maximum Gasteiger partial charge on any atom is 0.333 e. The summed E-state index contributed by atoms with van der Waals surface area (Å²) in [5.74, 6) is -4.47. The zero-order valence-corrected chi connectivity index (χ0v) is 46.4. The number of amides is 7. The molecule has 0 aliphatic carbocycles. The van der Waals surface area contributed by atoms with Crippen LogP contribution in [0.3, 0.4) is 0 Å². The number of aromatic amines is 1. The van der Waals surface area contributed by atoms with E-state index in [2.05, 4.69) is 15.6 Å². The van der Waals surface area contributed by atoms with E-state index in [1.807, 2.05) is 84.0 Å². The molecule has 1 aromatic heterocycles. The number of nitrogens with zero attached hydrogens (tertiary/aromatic N) is 5. The molecule has 3 aliphatic heterocycles. The minimum atomic E-state index is -0.920. The Morgan fingerprint density at radius 2 is 1.56 bits per heavy atom. The number of para-hydroxylation sites is 1. The molecule has 2 aromatic rings. The SMILES string of the molecule is CC[C@H](C)[C@@H]([C@@H](CC(=O)N1CCC[C@H]1[C@H](OC)[C@@H](C)C(=O)N[C@@H](Cc1c[nH]c2ccccc12)C(=O)N1CCCCO1)OC)N(C)C(=O)[C@@H](NC(=O)[C@H](C(C)C)N(C)CCCCCC(=O)ON1C(=O)CCC1=O)C(C)C. The van der Waals surface area contributed by atoms with Gasteiger partial charge in [0, 0.05) is 77.1 Å². The van der Waals surface area contributed by atoms with Gasteiger partial charge in [-0.3, -0.25) is 43.3 Å². The highest BCUT2D eigenvalue weighted by molar-refractivity contribution is 6.01. The average molecular weight is 1050 g/mol. The van der Waals surface area contributed by atoms with Crippen molar-refractivity contribution in [2.75, 3.05) is 54.6 Å². The first-order valence-electron chi connectivity index (χ1n) is 27.2.